The Hall–Kier alpha value is -0.690. The number of halogens is 4. The maximum Gasteiger partial charge on any atom is 0.410 e. The molecule has 0 aromatic heterocycles. The molecule has 78 valence electrons. The Morgan fingerprint density at radius 1 is 1.54 bits per heavy atom. The largest absolute Gasteiger partial charge is 0.412 e. The van der Waals surface area contributed by atoms with Crippen molar-refractivity contribution in [2.24, 2.45) is 10.7 Å². The maximum absolute atomic E-state index is 12.1. The van der Waals surface area contributed by atoms with Gasteiger partial charge < -0.3 is 11.2 Å². The average Bonchev–Trinajstić information content (AvgIpc) is 1.92. The van der Waals surface area contributed by atoms with Crippen molar-refractivity contribution in [3.63, 3.8) is 0 Å². The monoisotopic (exact) mass is 219 g/mol. The molecule has 0 saturated carbocycles. The normalized spacial score (nSPS) is 23.5. The van der Waals surface area contributed by atoms with E-state index in [1.54, 1.807) is 0 Å². The topological polar surface area (TPSA) is 73.1 Å². The first kappa shape index (κ1) is 12.3. The van der Waals surface area contributed by atoms with Crippen LogP contribution in [0.25, 0.3) is 0 Å². The van der Waals surface area contributed by atoms with E-state index in [2.05, 4.69) is 4.99 Å². The van der Waals surface area contributed by atoms with Gasteiger partial charge in [0.2, 0.25) is 5.96 Å². The first-order valence-corrected chi connectivity index (χ1v) is 3.58. The number of alkyl halides is 3. The molecule has 4 nitrogen and oxygen atoms in total. The molecule has 0 aliphatic carbocycles. The molecular formula is C5H9ClF3N3O. The molecule has 4 N–H and O–H groups in total. The van der Waals surface area contributed by atoms with Crippen LogP contribution in [0, 0.1) is 0 Å². The van der Waals surface area contributed by atoms with E-state index in [-0.39, 0.29) is 24.4 Å². The highest BCUT2D eigenvalue weighted by Crippen LogP contribution is 2.29. The number of hydrogen-bond acceptors (Lipinski definition) is 3. The van der Waals surface area contributed by atoms with E-state index in [1.807, 2.05) is 0 Å². The van der Waals surface area contributed by atoms with Gasteiger partial charge in [-0.3, -0.25) is 4.99 Å². The average molecular weight is 220 g/mol. The summed E-state index contributed by atoms with van der Waals surface area (Å²) in [7, 11) is 0. The molecule has 1 heterocycles. The van der Waals surface area contributed by atoms with Crippen molar-refractivity contribution >= 4 is 17.7 Å². The van der Waals surface area contributed by atoms with Crippen LogP contribution >= 0.6 is 11.8 Å². The summed E-state index contributed by atoms with van der Waals surface area (Å²) in [5.41, 5.74) is 5.11. The van der Waals surface area contributed by atoms with Gasteiger partial charge in [0.15, 0.2) is 0 Å². The van der Waals surface area contributed by atoms with E-state index in [1.165, 1.54) is 0 Å². The number of rotatable bonds is 0. The Morgan fingerprint density at radius 3 is 2.46 bits per heavy atom. The maximum atomic E-state index is 12.1. The molecule has 0 aromatic rings. The van der Waals surface area contributed by atoms with Crippen LogP contribution in [0.4, 0.5) is 13.2 Å². The minimum absolute atomic E-state index is 0. The van der Waals surface area contributed by atoms with Crippen LogP contribution in [0.5, 0.6) is 0 Å². The Morgan fingerprint density at radius 2 is 2.08 bits per heavy atom. The molecule has 1 atom stereocenters. The summed E-state index contributed by atoms with van der Waals surface area (Å²) in [5.74, 6) is -0.273. The fourth-order valence-electron chi connectivity index (χ4n) is 0.934. The van der Waals surface area contributed by atoms with Crippen LogP contribution in [0.3, 0.4) is 0 Å². The molecular weight excluding hydrogens is 211 g/mol. The molecule has 0 spiro atoms. The van der Waals surface area contributed by atoms with E-state index >= 15 is 0 Å². The lowest BCUT2D eigenvalue weighted by Crippen LogP contribution is -2.49. The van der Waals surface area contributed by atoms with Gasteiger partial charge in [-0.2, -0.15) is 13.2 Å². The molecule has 1 rings (SSSR count). The highest BCUT2D eigenvalue weighted by Gasteiger charge is 2.45. The van der Waals surface area contributed by atoms with Crippen molar-refractivity contribution in [3.8, 4) is 0 Å². The van der Waals surface area contributed by atoms with Gasteiger partial charge >= 0.3 is 6.18 Å². The lowest BCUT2D eigenvalue weighted by molar-refractivity contribution is -0.166. The third kappa shape index (κ3) is 2.63. The Bertz CT molecular complexity index is 208. The van der Waals surface area contributed by atoms with Crippen molar-refractivity contribution in [1.82, 2.24) is 4.42 Å². The van der Waals surface area contributed by atoms with Gasteiger partial charge in [-0.25, -0.2) is 4.42 Å². The van der Waals surface area contributed by atoms with E-state index in [4.69, 9.17) is 17.5 Å². The van der Waals surface area contributed by atoms with Gasteiger partial charge in [-0.05, 0) is 6.42 Å². The summed E-state index contributed by atoms with van der Waals surface area (Å²) < 4.78 is 36.8. The quantitative estimate of drug-likeness (QED) is 0.594. The molecule has 0 fully saturated rings. The zero-order valence-electron chi connectivity index (χ0n) is 6.48. The molecule has 1 unspecified atom stereocenters. The predicted octanol–water partition coefficient (Wildman–Crippen LogP) is 0.267. The van der Waals surface area contributed by atoms with Crippen molar-refractivity contribution in [2.75, 3.05) is 6.54 Å². The molecule has 0 aromatic carbocycles. The number of nitrogens with zero attached hydrogens (tertiary/aromatic N) is 2. The summed E-state index contributed by atoms with van der Waals surface area (Å²) in [6, 6.07) is -1.71. The Kier molecular flexibility index (Phi) is 3.80. The fourth-order valence-corrected chi connectivity index (χ4v) is 1.20. The lowest BCUT2D eigenvalue weighted by Gasteiger charge is -2.30. The Balaban J connectivity index is 0.00000144. The predicted molar refractivity (Wildman–Crippen MR) is 42.3 cm³/mol. The highest BCUT2D eigenvalue weighted by molar-refractivity contribution is 6.22. The van der Waals surface area contributed by atoms with Crippen LogP contribution < -0.4 is 5.73 Å². The van der Waals surface area contributed by atoms with E-state index in [0.717, 1.165) is 0 Å². The highest BCUT2D eigenvalue weighted by atomic mass is 35.5. The summed E-state index contributed by atoms with van der Waals surface area (Å²) in [6.07, 6.45) is -4.49. The van der Waals surface area contributed by atoms with E-state index in [0.29, 0.717) is 4.42 Å². The standard InChI is InChI=1S/C5H7ClF3N3.H2O/c6-12-3(5(7,8)9)1-2-11-4(12)10;/h3H,1-2H2,(H2,10,11);1H2. The minimum atomic E-state index is -4.34. The minimum Gasteiger partial charge on any atom is -0.412 e. The third-order valence-corrected chi connectivity index (χ3v) is 1.96. The summed E-state index contributed by atoms with van der Waals surface area (Å²) in [6.45, 7) is 0.0687. The van der Waals surface area contributed by atoms with Gasteiger partial charge in [-0.1, -0.05) is 0 Å². The van der Waals surface area contributed by atoms with Gasteiger partial charge in [0, 0.05) is 18.3 Å². The van der Waals surface area contributed by atoms with Crippen LogP contribution in [-0.2, 0) is 0 Å². The first-order valence-electron chi connectivity index (χ1n) is 3.24. The van der Waals surface area contributed by atoms with E-state index < -0.39 is 12.2 Å². The number of nitrogens with two attached hydrogens (primary N) is 1. The summed E-state index contributed by atoms with van der Waals surface area (Å²) in [4.78, 5) is 3.56. The first-order chi connectivity index (χ1) is 5.43. The lowest BCUT2D eigenvalue weighted by atomic mass is 10.2. The fraction of sp³-hybridized carbons (Fsp3) is 0.800. The second-order valence-electron chi connectivity index (χ2n) is 2.40. The Labute approximate surface area is 77.6 Å². The molecule has 0 bridgehead atoms. The third-order valence-electron chi connectivity index (χ3n) is 1.55. The van der Waals surface area contributed by atoms with Crippen molar-refractivity contribution < 1.29 is 18.6 Å². The smallest absolute Gasteiger partial charge is 0.410 e. The van der Waals surface area contributed by atoms with Gasteiger partial charge in [0.1, 0.15) is 6.04 Å². The van der Waals surface area contributed by atoms with Crippen LogP contribution in [0.1, 0.15) is 6.42 Å². The molecule has 8 heteroatoms. The van der Waals surface area contributed by atoms with E-state index in [9.17, 15) is 13.2 Å². The number of hydrogen-bond donors (Lipinski definition) is 1. The van der Waals surface area contributed by atoms with Crippen molar-refractivity contribution in [2.45, 2.75) is 18.6 Å². The van der Waals surface area contributed by atoms with Crippen LogP contribution in [0.2, 0.25) is 0 Å². The summed E-state index contributed by atoms with van der Waals surface area (Å²) in [5, 5.41) is 0. The van der Waals surface area contributed by atoms with Crippen LogP contribution in [0.15, 0.2) is 4.99 Å². The second kappa shape index (κ2) is 4.01. The second-order valence-corrected chi connectivity index (χ2v) is 2.76. The molecule has 0 saturated heterocycles. The SMILES string of the molecule is NC1=NCCC(C(F)(F)F)N1Cl.O. The zero-order valence-corrected chi connectivity index (χ0v) is 7.23. The number of aliphatic imine (C=N–C) groups is 1. The van der Waals surface area contributed by atoms with Gasteiger partial charge in [0.25, 0.3) is 0 Å². The molecule has 0 radical (unpaired) electrons. The van der Waals surface area contributed by atoms with Crippen molar-refractivity contribution in [3.05, 3.63) is 0 Å². The molecule has 1 aliphatic heterocycles. The molecule has 0 amide bonds. The zero-order chi connectivity index (χ0) is 9.35. The molecule has 1 aliphatic rings. The summed E-state index contributed by atoms with van der Waals surface area (Å²) >= 11 is 5.28. The van der Waals surface area contributed by atoms with Crippen molar-refractivity contribution in [1.29, 1.82) is 0 Å². The van der Waals surface area contributed by atoms with Crippen LogP contribution in [-0.4, -0.2) is 34.6 Å². The van der Waals surface area contributed by atoms with Gasteiger partial charge in [-0.15, -0.1) is 0 Å². The van der Waals surface area contributed by atoms with Gasteiger partial charge in [0.05, 0.1) is 0 Å². The number of guanidine groups is 1. The molecule has 13 heavy (non-hydrogen) atoms.